The number of aromatic nitrogens is 2. The van der Waals surface area contributed by atoms with Gasteiger partial charge in [0.05, 0.1) is 35.3 Å². The van der Waals surface area contributed by atoms with Crippen molar-refractivity contribution in [3.05, 3.63) is 46.9 Å². The van der Waals surface area contributed by atoms with E-state index in [2.05, 4.69) is 24.2 Å². The number of likely N-dealkylation sites (tertiary alicyclic amines) is 1. The topological polar surface area (TPSA) is 128 Å². The molecule has 0 radical (unpaired) electrons. The maximum absolute atomic E-state index is 15.0. The molecule has 3 unspecified atom stereocenters. The maximum Gasteiger partial charge on any atom is 0.318 e. The fourth-order valence-corrected chi connectivity index (χ4v) is 7.81. The zero-order chi connectivity index (χ0) is 31.6. The van der Waals surface area contributed by atoms with Crippen LogP contribution in [0, 0.1) is 17.7 Å². The third-order valence-electron chi connectivity index (χ3n) is 10.2. The van der Waals surface area contributed by atoms with Crippen LogP contribution in [0.1, 0.15) is 61.1 Å². The summed E-state index contributed by atoms with van der Waals surface area (Å²) in [6.07, 6.45) is 4.42. The number of aromatic hydroxyl groups is 1. The molecule has 3 aromatic rings. The lowest BCUT2D eigenvalue weighted by molar-refractivity contribution is -0.126. The van der Waals surface area contributed by atoms with Gasteiger partial charge in [-0.2, -0.15) is 9.97 Å². The number of fused-ring (bicyclic) bond motifs is 3. The molecule has 3 atom stereocenters. The quantitative estimate of drug-likeness (QED) is 0.365. The standard InChI is InChI=1S/C33H37FN6O5/c1-4-9-33(10-6-11-38(33)3)17-45-32-35-24-16-40(25-13-19(41)12-18-7-8-23(34)20(5-2)26(18)25)31(44)27(24)28(36-32)39-14-21-22(15-39)30(43)37-29(21)42/h7-8,12-13,21-22,41H,4-6,9-11,14-17H2,1-3H3,(H,37,42,43). The van der Waals surface area contributed by atoms with Crippen LogP contribution in [-0.2, 0) is 22.6 Å². The first kappa shape index (κ1) is 29.4. The number of likely N-dealkylation sites (N-methyl/N-ethyl adjacent to an activating group) is 1. The highest BCUT2D eigenvalue weighted by Crippen LogP contribution is 2.42. The van der Waals surface area contributed by atoms with Crippen molar-refractivity contribution in [1.29, 1.82) is 0 Å². The highest BCUT2D eigenvalue weighted by Gasteiger charge is 2.50. The second-order valence-electron chi connectivity index (χ2n) is 12.7. The van der Waals surface area contributed by atoms with Gasteiger partial charge in [0.15, 0.2) is 0 Å². The van der Waals surface area contributed by atoms with Crippen molar-refractivity contribution in [1.82, 2.24) is 20.2 Å². The number of carbonyl (C=O) groups excluding carboxylic acids is 3. The van der Waals surface area contributed by atoms with Gasteiger partial charge in [-0.3, -0.25) is 24.6 Å². The van der Waals surface area contributed by atoms with E-state index >= 15 is 0 Å². The highest BCUT2D eigenvalue weighted by molar-refractivity contribution is 6.17. The van der Waals surface area contributed by atoms with Gasteiger partial charge in [-0.1, -0.05) is 26.3 Å². The van der Waals surface area contributed by atoms with Crippen LogP contribution in [0.15, 0.2) is 24.3 Å². The molecule has 3 saturated heterocycles. The lowest BCUT2D eigenvalue weighted by atomic mass is 9.92. The van der Waals surface area contributed by atoms with Gasteiger partial charge in [0.1, 0.15) is 29.6 Å². The zero-order valence-electron chi connectivity index (χ0n) is 25.7. The van der Waals surface area contributed by atoms with Crippen LogP contribution in [0.5, 0.6) is 11.8 Å². The van der Waals surface area contributed by atoms with Crippen LogP contribution in [0.3, 0.4) is 0 Å². The Labute approximate surface area is 260 Å². The normalized spacial score (nSPS) is 24.6. The SMILES string of the molecule is CCCC1(COc2nc3c(c(N4CC5C(=O)NC(=O)C5C4)n2)C(=O)N(c2cc(O)cc4ccc(F)c(CC)c24)C3)CCCN1C. The number of phenols is 1. The molecule has 4 aliphatic rings. The Kier molecular flexibility index (Phi) is 7.14. The molecular weight excluding hydrogens is 579 g/mol. The Morgan fingerprint density at radius 2 is 1.87 bits per heavy atom. The molecule has 0 saturated carbocycles. The molecule has 11 nitrogen and oxygen atoms in total. The minimum atomic E-state index is -0.537. The van der Waals surface area contributed by atoms with E-state index in [9.17, 15) is 23.9 Å². The van der Waals surface area contributed by atoms with E-state index in [-0.39, 0.29) is 60.1 Å². The second-order valence-corrected chi connectivity index (χ2v) is 12.7. The number of halogens is 1. The first-order chi connectivity index (χ1) is 21.6. The summed E-state index contributed by atoms with van der Waals surface area (Å²) in [6, 6.07) is 6.12. The van der Waals surface area contributed by atoms with Crippen LogP contribution in [-0.4, -0.2) is 76.5 Å². The minimum Gasteiger partial charge on any atom is -0.508 e. The van der Waals surface area contributed by atoms with Crippen molar-refractivity contribution in [2.75, 3.05) is 43.1 Å². The number of nitrogens with one attached hydrogen (secondary N) is 1. The van der Waals surface area contributed by atoms with Gasteiger partial charge in [0, 0.05) is 24.5 Å². The summed E-state index contributed by atoms with van der Waals surface area (Å²) in [4.78, 5) is 54.5. The molecule has 0 aliphatic carbocycles. The first-order valence-corrected chi connectivity index (χ1v) is 15.7. The second kappa shape index (κ2) is 10.9. The first-order valence-electron chi connectivity index (χ1n) is 15.7. The van der Waals surface area contributed by atoms with E-state index in [0.29, 0.717) is 46.6 Å². The molecule has 3 fully saturated rings. The molecule has 5 heterocycles. The predicted molar refractivity (Wildman–Crippen MR) is 165 cm³/mol. The van der Waals surface area contributed by atoms with E-state index in [1.165, 1.54) is 17.0 Å². The summed E-state index contributed by atoms with van der Waals surface area (Å²) in [6.45, 7) is 5.86. The summed E-state index contributed by atoms with van der Waals surface area (Å²) < 4.78 is 21.3. The smallest absolute Gasteiger partial charge is 0.318 e. The van der Waals surface area contributed by atoms with Crippen molar-refractivity contribution < 1.29 is 28.6 Å². The molecule has 0 spiro atoms. The average Bonchev–Trinajstić information content (AvgIpc) is 3.76. The van der Waals surface area contributed by atoms with Gasteiger partial charge < -0.3 is 19.6 Å². The number of amides is 3. The van der Waals surface area contributed by atoms with Gasteiger partial charge in [0.25, 0.3) is 5.91 Å². The summed E-state index contributed by atoms with van der Waals surface area (Å²) in [7, 11) is 2.11. The van der Waals surface area contributed by atoms with Crippen LogP contribution in [0.4, 0.5) is 15.9 Å². The van der Waals surface area contributed by atoms with Crippen LogP contribution < -0.4 is 19.9 Å². The number of phenolic OH excluding ortho intramolecular Hbond substituents is 1. The molecule has 45 heavy (non-hydrogen) atoms. The highest BCUT2D eigenvalue weighted by atomic mass is 19.1. The third kappa shape index (κ3) is 4.68. The Bertz CT molecular complexity index is 1730. The van der Waals surface area contributed by atoms with Gasteiger partial charge in [0.2, 0.25) is 11.8 Å². The van der Waals surface area contributed by atoms with Crippen molar-refractivity contribution in [3.8, 4) is 11.8 Å². The molecule has 2 N–H and O–H groups in total. The molecule has 0 bridgehead atoms. The molecular formula is C33H37FN6O5. The lowest BCUT2D eigenvalue weighted by Crippen LogP contribution is -2.46. The van der Waals surface area contributed by atoms with Crippen molar-refractivity contribution >= 4 is 40.0 Å². The fourth-order valence-electron chi connectivity index (χ4n) is 7.81. The van der Waals surface area contributed by atoms with Gasteiger partial charge in [-0.15, -0.1) is 0 Å². The van der Waals surface area contributed by atoms with Crippen molar-refractivity contribution in [2.24, 2.45) is 11.8 Å². The number of carbonyl (C=O) groups is 3. The predicted octanol–water partition coefficient (Wildman–Crippen LogP) is 3.55. The third-order valence-corrected chi connectivity index (χ3v) is 10.2. The Hall–Kier alpha value is -4.32. The molecule has 12 heteroatoms. The summed E-state index contributed by atoms with van der Waals surface area (Å²) in [5, 5.41) is 14.2. The molecule has 4 aliphatic heterocycles. The van der Waals surface area contributed by atoms with E-state index in [1.54, 1.807) is 12.1 Å². The van der Waals surface area contributed by atoms with E-state index in [0.717, 1.165) is 32.2 Å². The lowest BCUT2D eigenvalue weighted by Gasteiger charge is -2.35. The maximum atomic E-state index is 15.0. The van der Waals surface area contributed by atoms with Crippen molar-refractivity contribution in [2.45, 2.75) is 58.0 Å². The van der Waals surface area contributed by atoms with Crippen molar-refractivity contribution in [3.63, 3.8) is 0 Å². The van der Waals surface area contributed by atoms with E-state index < -0.39 is 17.7 Å². The number of ether oxygens (including phenoxy) is 1. The van der Waals surface area contributed by atoms with Gasteiger partial charge in [-0.05, 0) is 62.4 Å². The summed E-state index contributed by atoms with van der Waals surface area (Å²) in [5.41, 5.74) is 1.36. The number of benzene rings is 2. The number of aryl methyl sites for hydroxylation is 1. The Balaban J connectivity index is 1.31. The fraction of sp³-hybridized carbons (Fsp3) is 0.485. The number of nitrogens with zero attached hydrogens (tertiary/aromatic N) is 5. The number of anilines is 2. The molecule has 1 aromatic heterocycles. The number of hydrogen-bond acceptors (Lipinski definition) is 9. The van der Waals surface area contributed by atoms with Crippen LogP contribution in [0.25, 0.3) is 10.8 Å². The number of rotatable bonds is 8. The average molecular weight is 617 g/mol. The molecule has 7 rings (SSSR count). The molecule has 3 amide bonds. The largest absolute Gasteiger partial charge is 0.508 e. The molecule has 236 valence electrons. The van der Waals surface area contributed by atoms with E-state index in [1.807, 2.05) is 11.8 Å². The summed E-state index contributed by atoms with van der Waals surface area (Å²) >= 11 is 0. The molecule has 2 aromatic carbocycles. The Morgan fingerprint density at radius 3 is 2.53 bits per heavy atom. The Morgan fingerprint density at radius 1 is 1.11 bits per heavy atom. The minimum absolute atomic E-state index is 0.0518. The number of imide groups is 1. The van der Waals surface area contributed by atoms with Crippen LogP contribution >= 0.6 is 0 Å². The zero-order valence-corrected chi connectivity index (χ0v) is 25.7. The van der Waals surface area contributed by atoms with E-state index in [4.69, 9.17) is 14.7 Å². The monoisotopic (exact) mass is 616 g/mol. The van der Waals surface area contributed by atoms with Gasteiger partial charge >= 0.3 is 6.01 Å². The van der Waals surface area contributed by atoms with Crippen LogP contribution in [0.2, 0.25) is 0 Å². The number of hydrogen-bond donors (Lipinski definition) is 2. The summed E-state index contributed by atoms with van der Waals surface area (Å²) in [5.74, 6) is -2.26. The van der Waals surface area contributed by atoms with Gasteiger partial charge in [-0.25, -0.2) is 4.39 Å².